The van der Waals surface area contributed by atoms with Gasteiger partial charge >= 0.3 is 0 Å². The third-order valence-electron chi connectivity index (χ3n) is 5.45. The number of amides is 1. The molecular formula is C21H26N6O2. The van der Waals surface area contributed by atoms with E-state index in [4.69, 9.17) is 4.74 Å². The Labute approximate surface area is 170 Å². The summed E-state index contributed by atoms with van der Waals surface area (Å²) in [6.45, 7) is 6.93. The number of methoxy groups -OCH3 is 1. The van der Waals surface area contributed by atoms with Gasteiger partial charge in [0.2, 0.25) is 0 Å². The topological polar surface area (TPSA) is 79.3 Å². The average Bonchev–Trinajstić information content (AvgIpc) is 3.29. The van der Waals surface area contributed by atoms with E-state index in [1.165, 1.54) is 0 Å². The first-order valence-electron chi connectivity index (χ1n) is 9.72. The quantitative estimate of drug-likeness (QED) is 0.735. The van der Waals surface area contributed by atoms with E-state index >= 15 is 0 Å². The summed E-state index contributed by atoms with van der Waals surface area (Å²) in [6.07, 6.45) is 0. The number of aromatic nitrogens is 4. The standard InChI is InChI=1S/C21H26N6O2/c1-14-20(15(2)23-22-14)26-9-11-27(12-10-26)21(28)18-13-17(24-25(18)3)16-7-5-6-8-19(16)29-4/h5-8,13H,9-12H2,1-4H3,(H,22,23). The van der Waals surface area contributed by atoms with E-state index in [1.54, 1.807) is 18.8 Å². The van der Waals surface area contributed by atoms with Crippen LogP contribution in [-0.2, 0) is 7.05 Å². The molecule has 1 aliphatic heterocycles. The minimum atomic E-state index is 0.00133. The van der Waals surface area contributed by atoms with Gasteiger partial charge in [-0.15, -0.1) is 0 Å². The number of carbonyl (C=O) groups excluding carboxylic acids is 1. The second-order valence-electron chi connectivity index (χ2n) is 7.30. The number of anilines is 1. The van der Waals surface area contributed by atoms with Crippen molar-refractivity contribution in [3.8, 4) is 17.0 Å². The van der Waals surface area contributed by atoms with Crippen LogP contribution in [0.25, 0.3) is 11.3 Å². The number of benzene rings is 1. The van der Waals surface area contributed by atoms with E-state index in [-0.39, 0.29) is 5.91 Å². The number of hydrogen-bond donors (Lipinski definition) is 1. The van der Waals surface area contributed by atoms with Crippen LogP contribution in [0.15, 0.2) is 30.3 Å². The first-order chi connectivity index (χ1) is 14.0. The Bertz CT molecular complexity index is 1010. The molecule has 3 heterocycles. The van der Waals surface area contributed by atoms with Crippen LogP contribution in [-0.4, -0.2) is 64.1 Å². The molecule has 0 bridgehead atoms. The van der Waals surface area contributed by atoms with Crippen molar-refractivity contribution in [2.24, 2.45) is 7.05 Å². The summed E-state index contributed by atoms with van der Waals surface area (Å²) in [5.41, 5.74) is 5.40. The van der Waals surface area contributed by atoms with Gasteiger partial charge in [0.1, 0.15) is 11.4 Å². The molecule has 1 saturated heterocycles. The van der Waals surface area contributed by atoms with E-state index in [2.05, 4.69) is 20.2 Å². The molecule has 1 aromatic carbocycles. The molecule has 1 fully saturated rings. The van der Waals surface area contributed by atoms with Crippen molar-refractivity contribution < 1.29 is 9.53 Å². The van der Waals surface area contributed by atoms with Gasteiger partial charge in [0.25, 0.3) is 5.91 Å². The molecule has 0 saturated carbocycles. The van der Waals surface area contributed by atoms with Crippen molar-refractivity contribution in [2.45, 2.75) is 13.8 Å². The fraction of sp³-hybridized carbons (Fsp3) is 0.381. The molecule has 1 N–H and O–H groups in total. The number of piperazine rings is 1. The highest BCUT2D eigenvalue weighted by Crippen LogP contribution is 2.29. The molecule has 8 heteroatoms. The fourth-order valence-electron chi connectivity index (χ4n) is 3.96. The Kier molecular flexibility index (Phi) is 5.00. The third kappa shape index (κ3) is 3.46. The van der Waals surface area contributed by atoms with Crippen molar-refractivity contribution in [3.05, 3.63) is 47.4 Å². The predicted octanol–water partition coefficient (Wildman–Crippen LogP) is 2.40. The highest BCUT2D eigenvalue weighted by molar-refractivity contribution is 5.94. The second kappa shape index (κ2) is 7.62. The number of aromatic amines is 1. The lowest BCUT2D eigenvalue weighted by molar-refractivity contribution is 0.0735. The van der Waals surface area contributed by atoms with Crippen LogP contribution in [0.3, 0.4) is 0 Å². The molecule has 3 aromatic rings. The fourth-order valence-corrected chi connectivity index (χ4v) is 3.96. The number of hydrogen-bond acceptors (Lipinski definition) is 5. The van der Waals surface area contributed by atoms with Crippen molar-refractivity contribution in [3.63, 3.8) is 0 Å². The molecular weight excluding hydrogens is 368 g/mol. The van der Waals surface area contributed by atoms with Gasteiger partial charge in [-0.05, 0) is 32.0 Å². The van der Waals surface area contributed by atoms with Crippen molar-refractivity contribution in [2.75, 3.05) is 38.2 Å². The van der Waals surface area contributed by atoms with Crippen LogP contribution < -0.4 is 9.64 Å². The molecule has 152 valence electrons. The van der Waals surface area contributed by atoms with Crippen LogP contribution in [0.4, 0.5) is 5.69 Å². The largest absolute Gasteiger partial charge is 0.496 e. The molecule has 0 radical (unpaired) electrons. The number of H-pyrrole nitrogens is 1. The molecule has 2 aromatic heterocycles. The highest BCUT2D eigenvalue weighted by Gasteiger charge is 2.27. The number of para-hydroxylation sites is 1. The van der Waals surface area contributed by atoms with E-state index < -0.39 is 0 Å². The zero-order valence-corrected chi connectivity index (χ0v) is 17.3. The minimum absolute atomic E-state index is 0.00133. The van der Waals surface area contributed by atoms with Gasteiger partial charge in [-0.25, -0.2) is 0 Å². The predicted molar refractivity (Wildman–Crippen MR) is 111 cm³/mol. The van der Waals surface area contributed by atoms with E-state index in [0.717, 1.165) is 47.2 Å². The zero-order chi connectivity index (χ0) is 20.5. The summed E-state index contributed by atoms with van der Waals surface area (Å²) in [7, 11) is 3.44. The summed E-state index contributed by atoms with van der Waals surface area (Å²) in [5, 5.41) is 11.9. The van der Waals surface area contributed by atoms with Gasteiger partial charge in [-0.3, -0.25) is 14.6 Å². The maximum absolute atomic E-state index is 13.1. The normalized spacial score (nSPS) is 14.3. The van der Waals surface area contributed by atoms with Crippen LogP contribution in [0.1, 0.15) is 21.9 Å². The monoisotopic (exact) mass is 394 g/mol. The maximum Gasteiger partial charge on any atom is 0.272 e. The number of ether oxygens (including phenoxy) is 1. The van der Waals surface area contributed by atoms with E-state index in [0.29, 0.717) is 18.8 Å². The Morgan fingerprint density at radius 1 is 1.14 bits per heavy atom. The summed E-state index contributed by atoms with van der Waals surface area (Å²) >= 11 is 0. The Morgan fingerprint density at radius 2 is 1.86 bits per heavy atom. The van der Waals surface area contributed by atoms with Crippen molar-refractivity contribution >= 4 is 11.6 Å². The first kappa shape index (κ1) is 19.0. The van der Waals surface area contributed by atoms with Crippen LogP contribution >= 0.6 is 0 Å². The third-order valence-corrected chi connectivity index (χ3v) is 5.45. The molecule has 1 aliphatic rings. The Balaban J connectivity index is 1.50. The lowest BCUT2D eigenvalue weighted by Crippen LogP contribution is -2.49. The van der Waals surface area contributed by atoms with Gasteiger partial charge in [0, 0.05) is 38.8 Å². The molecule has 29 heavy (non-hydrogen) atoms. The Morgan fingerprint density at radius 3 is 2.52 bits per heavy atom. The lowest BCUT2D eigenvalue weighted by atomic mass is 10.1. The molecule has 0 unspecified atom stereocenters. The van der Waals surface area contributed by atoms with Crippen LogP contribution in [0, 0.1) is 13.8 Å². The minimum Gasteiger partial charge on any atom is -0.496 e. The van der Waals surface area contributed by atoms with Gasteiger partial charge in [0.15, 0.2) is 0 Å². The maximum atomic E-state index is 13.1. The van der Waals surface area contributed by atoms with Crippen LogP contribution in [0.2, 0.25) is 0 Å². The molecule has 1 amide bonds. The van der Waals surface area contributed by atoms with Gasteiger partial charge in [-0.1, -0.05) is 12.1 Å². The van der Waals surface area contributed by atoms with E-state index in [1.807, 2.05) is 49.1 Å². The molecule has 8 nitrogen and oxygen atoms in total. The number of carbonyl (C=O) groups is 1. The number of nitrogens with zero attached hydrogens (tertiary/aromatic N) is 5. The number of aryl methyl sites for hydroxylation is 3. The molecule has 0 spiro atoms. The molecule has 0 aliphatic carbocycles. The van der Waals surface area contributed by atoms with Crippen molar-refractivity contribution in [1.82, 2.24) is 24.9 Å². The molecule has 4 rings (SSSR count). The van der Waals surface area contributed by atoms with Gasteiger partial charge in [-0.2, -0.15) is 10.2 Å². The highest BCUT2D eigenvalue weighted by atomic mass is 16.5. The van der Waals surface area contributed by atoms with Crippen molar-refractivity contribution in [1.29, 1.82) is 0 Å². The summed E-state index contributed by atoms with van der Waals surface area (Å²) in [4.78, 5) is 17.3. The second-order valence-corrected chi connectivity index (χ2v) is 7.30. The number of nitrogens with one attached hydrogen (secondary N) is 1. The van der Waals surface area contributed by atoms with Gasteiger partial charge in [0.05, 0.1) is 29.9 Å². The Hall–Kier alpha value is -3.29. The number of rotatable bonds is 4. The smallest absolute Gasteiger partial charge is 0.272 e. The summed E-state index contributed by atoms with van der Waals surface area (Å²) in [5.74, 6) is 0.741. The first-order valence-corrected chi connectivity index (χ1v) is 9.72. The summed E-state index contributed by atoms with van der Waals surface area (Å²) < 4.78 is 7.09. The summed E-state index contributed by atoms with van der Waals surface area (Å²) in [6, 6.07) is 9.54. The molecule has 0 atom stereocenters. The van der Waals surface area contributed by atoms with Gasteiger partial charge < -0.3 is 14.5 Å². The van der Waals surface area contributed by atoms with E-state index in [9.17, 15) is 4.79 Å². The van der Waals surface area contributed by atoms with Crippen LogP contribution in [0.5, 0.6) is 5.75 Å². The lowest BCUT2D eigenvalue weighted by Gasteiger charge is -2.36. The zero-order valence-electron chi connectivity index (χ0n) is 17.3. The average molecular weight is 394 g/mol. The SMILES string of the molecule is COc1ccccc1-c1cc(C(=O)N2CCN(c3c(C)n[nH]c3C)CC2)n(C)n1.